The Hall–Kier alpha value is -1.96. The molecular formula is C40H56F2. The molecule has 3 aliphatic rings. The molecule has 0 spiro atoms. The van der Waals surface area contributed by atoms with Crippen molar-refractivity contribution in [3.8, 4) is 0 Å². The third-order valence-electron chi connectivity index (χ3n) is 11.3. The van der Waals surface area contributed by atoms with E-state index in [0.29, 0.717) is 17.8 Å². The van der Waals surface area contributed by atoms with Gasteiger partial charge in [0.15, 0.2) is 0 Å². The molecule has 2 aromatic carbocycles. The van der Waals surface area contributed by atoms with Crippen LogP contribution >= 0.6 is 0 Å². The van der Waals surface area contributed by atoms with Gasteiger partial charge in [0, 0.05) is 5.56 Å². The maximum atomic E-state index is 15.4. The highest BCUT2D eigenvalue weighted by Gasteiger charge is 2.27. The first kappa shape index (κ1) is 31.5. The predicted molar refractivity (Wildman–Crippen MR) is 175 cm³/mol. The van der Waals surface area contributed by atoms with E-state index in [-0.39, 0.29) is 11.6 Å². The van der Waals surface area contributed by atoms with Crippen LogP contribution in [0.15, 0.2) is 42.5 Å². The van der Waals surface area contributed by atoms with E-state index in [1.54, 1.807) is 0 Å². The summed E-state index contributed by atoms with van der Waals surface area (Å²) in [7, 11) is 0. The quantitative estimate of drug-likeness (QED) is 0.221. The van der Waals surface area contributed by atoms with E-state index in [4.69, 9.17) is 0 Å². The molecule has 0 bridgehead atoms. The minimum absolute atomic E-state index is 0.00617. The Kier molecular flexibility index (Phi) is 11.7. The number of rotatable bonds is 12. The predicted octanol–water partition coefficient (Wildman–Crippen LogP) is 13.0. The molecule has 3 aliphatic carbocycles. The second kappa shape index (κ2) is 15.7. The molecule has 42 heavy (non-hydrogen) atoms. The Bertz CT molecular complexity index is 1150. The van der Waals surface area contributed by atoms with Crippen molar-refractivity contribution in [2.45, 2.75) is 154 Å². The van der Waals surface area contributed by atoms with Gasteiger partial charge in [-0.1, -0.05) is 95.6 Å². The minimum Gasteiger partial charge on any atom is -0.207 e. The zero-order chi connectivity index (χ0) is 29.3. The van der Waals surface area contributed by atoms with Crippen LogP contribution in [0.1, 0.15) is 176 Å². The standard InChI is InChI=1S/C40H56F2/c1-3-5-7-9-29-11-15-31(16-12-29)35-23-26-38(40(42)27-35)34-21-19-32(20-22-34)36-24-25-37(39(41)28-36)33-17-13-30(14-18-33)10-8-6-4-2/h21,23-33H,3-20,22H2,1-2H3. The average Bonchev–Trinajstić information content (AvgIpc) is 3.02. The summed E-state index contributed by atoms with van der Waals surface area (Å²) in [5.41, 5.74) is 5.14. The molecule has 230 valence electrons. The molecule has 0 saturated heterocycles. The topological polar surface area (TPSA) is 0 Å². The second-order valence-corrected chi connectivity index (χ2v) is 14.1. The van der Waals surface area contributed by atoms with E-state index in [1.807, 2.05) is 18.2 Å². The van der Waals surface area contributed by atoms with E-state index >= 15 is 8.78 Å². The fourth-order valence-corrected chi connectivity index (χ4v) is 8.47. The average molecular weight is 575 g/mol. The fraction of sp³-hybridized carbons (Fsp3) is 0.650. The lowest BCUT2D eigenvalue weighted by atomic mass is 9.76. The van der Waals surface area contributed by atoms with Crippen LogP contribution < -0.4 is 0 Å². The molecule has 0 amide bonds. The fourth-order valence-electron chi connectivity index (χ4n) is 8.47. The Morgan fingerprint density at radius 3 is 1.71 bits per heavy atom. The number of hydrogen-bond acceptors (Lipinski definition) is 0. The highest BCUT2D eigenvalue weighted by atomic mass is 19.1. The number of halogens is 2. The van der Waals surface area contributed by atoms with Crippen molar-refractivity contribution < 1.29 is 8.78 Å². The van der Waals surface area contributed by atoms with Gasteiger partial charge in [-0.05, 0) is 135 Å². The van der Waals surface area contributed by atoms with Gasteiger partial charge in [0.05, 0.1) is 0 Å². The van der Waals surface area contributed by atoms with Crippen LogP contribution in [0.3, 0.4) is 0 Å². The molecule has 2 fully saturated rings. The molecule has 5 rings (SSSR count). The summed E-state index contributed by atoms with van der Waals surface area (Å²) in [5, 5.41) is 0. The molecule has 0 radical (unpaired) electrons. The van der Waals surface area contributed by atoms with Crippen molar-refractivity contribution in [2.75, 3.05) is 0 Å². The summed E-state index contributed by atoms with van der Waals surface area (Å²) in [6.07, 6.45) is 25.4. The first-order chi connectivity index (χ1) is 20.6. The molecule has 0 aromatic heterocycles. The molecular weight excluding hydrogens is 518 g/mol. The molecule has 1 unspecified atom stereocenters. The third-order valence-corrected chi connectivity index (χ3v) is 11.3. The van der Waals surface area contributed by atoms with E-state index in [1.165, 1.54) is 95.5 Å². The Morgan fingerprint density at radius 2 is 1.17 bits per heavy atom. The van der Waals surface area contributed by atoms with Gasteiger partial charge in [-0.15, -0.1) is 0 Å². The van der Waals surface area contributed by atoms with Gasteiger partial charge in [0.2, 0.25) is 0 Å². The molecule has 0 aliphatic heterocycles. The Labute approximate surface area is 255 Å². The van der Waals surface area contributed by atoms with Gasteiger partial charge in [-0.25, -0.2) is 8.78 Å². The Morgan fingerprint density at radius 1 is 0.595 bits per heavy atom. The van der Waals surface area contributed by atoms with Crippen LogP contribution in [0.4, 0.5) is 8.78 Å². The summed E-state index contributed by atoms with van der Waals surface area (Å²) in [5.74, 6) is 2.87. The van der Waals surface area contributed by atoms with Gasteiger partial charge < -0.3 is 0 Å². The van der Waals surface area contributed by atoms with Gasteiger partial charge in [-0.3, -0.25) is 0 Å². The summed E-state index contributed by atoms with van der Waals surface area (Å²) in [6, 6.07) is 12.2. The summed E-state index contributed by atoms with van der Waals surface area (Å²) in [6.45, 7) is 4.54. The molecule has 2 aromatic rings. The minimum atomic E-state index is -0.0576. The highest BCUT2D eigenvalue weighted by Crippen LogP contribution is 2.42. The Balaban J connectivity index is 1.13. The number of hydrogen-bond donors (Lipinski definition) is 0. The van der Waals surface area contributed by atoms with Crippen LogP contribution in [0, 0.1) is 23.5 Å². The molecule has 0 heterocycles. The zero-order valence-corrected chi connectivity index (χ0v) is 26.6. The van der Waals surface area contributed by atoms with Crippen molar-refractivity contribution in [2.24, 2.45) is 11.8 Å². The second-order valence-electron chi connectivity index (χ2n) is 14.1. The molecule has 1 atom stereocenters. The van der Waals surface area contributed by atoms with Gasteiger partial charge in [0.1, 0.15) is 11.6 Å². The van der Waals surface area contributed by atoms with E-state index < -0.39 is 0 Å². The van der Waals surface area contributed by atoms with E-state index in [2.05, 4.69) is 38.1 Å². The molecule has 0 N–H and O–H groups in total. The number of benzene rings is 2. The van der Waals surface area contributed by atoms with Crippen molar-refractivity contribution in [3.05, 3.63) is 76.4 Å². The first-order valence-corrected chi connectivity index (χ1v) is 17.8. The zero-order valence-electron chi connectivity index (χ0n) is 26.6. The number of allylic oxidation sites excluding steroid dienone is 2. The maximum Gasteiger partial charge on any atom is 0.130 e. The lowest BCUT2D eigenvalue weighted by Gasteiger charge is -2.30. The normalized spacial score (nSPS) is 26.7. The van der Waals surface area contributed by atoms with Crippen molar-refractivity contribution in [1.29, 1.82) is 0 Å². The smallest absolute Gasteiger partial charge is 0.130 e. The highest BCUT2D eigenvalue weighted by molar-refractivity contribution is 5.67. The largest absolute Gasteiger partial charge is 0.207 e. The summed E-state index contributed by atoms with van der Waals surface area (Å²) >= 11 is 0. The third kappa shape index (κ3) is 8.15. The van der Waals surface area contributed by atoms with Gasteiger partial charge >= 0.3 is 0 Å². The lowest BCUT2D eigenvalue weighted by Crippen LogP contribution is -2.15. The van der Waals surface area contributed by atoms with Crippen LogP contribution in [-0.2, 0) is 0 Å². The van der Waals surface area contributed by atoms with E-state index in [9.17, 15) is 0 Å². The maximum absolute atomic E-state index is 15.4. The molecule has 0 nitrogen and oxygen atoms in total. The van der Waals surface area contributed by atoms with Crippen LogP contribution in [-0.4, -0.2) is 0 Å². The lowest BCUT2D eigenvalue weighted by molar-refractivity contribution is 0.299. The molecule has 2 heteroatoms. The van der Waals surface area contributed by atoms with Crippen LogP contribution in [0.25, 0.3) is 5.57 Å². The molecule has 2 saturated carbocycles. The van der Waals surface area contributed by atoms with E-state index in [0.717, 1.165) is 66.2 Å². The van der Waals surface area contributed by atoms with Crippen LogP contribution in [0.2, 0.25) is 0 Å². The van der Waals surface area contributed by atoms with Crippen LogP contribution in [0.5, 0.6) is 0 Å². The number of unbranched alkanes of at least 4 members (excludes halogenated alkanes) is 4. The van der Waals surface area contributed by atoms with Gasteiger partial charge in [0.25, 0.3) is 0 Å². The SMILES string of the molecule is CCCCCC1CCC(c2ccc(C3=CCC(c4ccc(C5CCC(CCCCC)CC5)c(F)c4)CC3)c(F)c2)CC1. The van der Waals surface area contributed by atoms with Crippen molar-refractivity contribution in [1.82, 2.24) is 0 Å². The van der Waals surface area contributed by atoms with Crippen molar-refractivity contribution in [3.63, 3.8) is 0 Å². The first-order valence-electron chi connectivity index (χ1n) is 17.8. The monoisotopic (exact) mass is 574 g/mol. The summed E-state index contributed by atoms with van der Waals surface area (Å²) in [4.78, 5) is 0. The van der Waals surface area contributed by atoms with Gasteiger partial charge in [-0.2, -0.15) is 0 Å². The van der Waals surface area contributed by atoms with Crippen molar-refractivity contribution >= 4 is 5.57 Å². The summed E-state index contributed by atoms with van der Waals surface area (Å²) < 4.78 is 30.7.